The highest BCUT2D eigenvalue weighted by Gasteiger charge is 2.44. The highest BCUT2D eigenvalue weighted by atomic mass is 32.2. The highest BCUT2D eigenvalue weighted by molar-refractivity contribution is 7.92. The van der Waals surface area contributed by atoms with Gasteiger partial charge in [0.25, 0.3) is 5.91 Å². The molecule has 0 unspecified atom stereocenters. The molecule has 3 aliphatic rings. The summed E-state index contributed by atoms with van der Waals surface area (Å²) < 4.78 is 32.8. The third kappa shape index (κ3) is 6.23. The number of hydrogen-bond donors (Lipinski definition) is 5. The van der Waals surface area contributed by atoms with Gasteiger partial charge in [-0.1, -0.05) is 0 Å². The molecule has 12 heteroatoms. The fourth-order valence-corrected chi connectivity index (χ4v) is 5.98. The molecule has 0 bridgehead atoms. The molecule has 5 N–H and O–H groups in total. The van der Waals surface area contributed by atoms with Crippen molar-refractivity contribution in [2.24, 2.45) is 5.41 Å². The summed E-state index contributed by atoms with van der Waals surface area (Å²) in [5.41, 5.74) is 2.52. The van der Waals surface area contributed by atoms with Crippen molar-refractivity contribution in [1.29, 1.82) is 0 Å². The summed E-state index contributed by atoms with van der Waals surface area (Å²) in [5.74, 6) is 0.203. The molecule has 1 aromatic heterocycles. The number of rotatable bonds is 10. The smallest absolute Gasteiger partial charge is 0.274 e. The van der Waals surface area contributed by atoms with Crippen molar-refractivity contribution in [3.8, 4) is 5.75 Å². The van der Waals surface area contributed by atoms with Gasteiger partial charge in [-0.3, -0.25) is 9.52 Å². The minimum atomic E-state index is -3.70. The minimum absolute atomic E-state index is 0.130. The Kier molecular flexibility index (Phi) is 7.38. The topological polar surface area (TPSA) is 153 Å². The Balaban J connectivity index is 1.43. The number of sulfonamides is 1. The van der Waals surface area contributed by atoms with E-state index in [0.29, 0.717) is 41.4 Å². The fraction of sp³-hybridized carbons (Fsp3) is 0.556. The number of ether oxygens (including phenoxy) is 1. The van der Waals surface area contributed by atoms with Gasteiger partial charge in [-0.2, -0.15) is 0 Å². The van der Waals surface area contributed by atoms with Gasteiger partial charge in [0.2, 0.25) is 10.0 Å². The summed E-state index contributed by atoms with van der Waals surface area (Å²) in [4.78, 5) is 20.2. The van der Waals surface area contributed by atoms with Crippen LogP contribution in [-0.4, -0.2) is 73.7 Å². The number of aliphatic hydroxyl groups is 2. The number of amides is 1. The zero-order valence-corrected chi connectivity index (χ0v) is 23.2. The Morgan fingerprint density at radius 1 is 1.15 bits per heavy atom. The average Bonchev–Trinajstić information content (AvgIpc) is 3.45. The first-order valence-corrected chi connectivity index (χ1v) is 15.0. The zero-order chi connectivity index (χ0) is 27.8. The molecule has 1 saturated carbocycles. The predicted molar refractivity (Wildman–Crippen MR) is 150 cm³/mol. The van der Waals surface area contributed by atoms with Crippen LogP contribution in [0.15, 0.2) is 24.3 Å². The van der Waals surface area contributed by atoms with E-state index < -0.39 is 33.8 Å². The normalized spacial score (nSPS) is 17.9. The number of piperidine rings is 1. The quantitative estimate of drug-likeness (QED) is 0.296. The second-order valence-corrected chi connectivity index (χ2v) is 13.3. The number of anilines is 4. The number of nitrogens with one attached hydrogen (secondary N) is 3. The third-order valence-electron chi connectivity index (χ3n) is 7.75. The van der Waals surface area contributed by atoms with E-state index in [-0.39, 0.29) is 12.3 Å². The lowest BCUT2D eigenvalue weighted by atomic mass is 9.93. The molecule has 1 saturated heterocycles. The summed E-state index contributed by atoms with van der Waals surface area (Å²) in [5, 5.41) is 25.0. The maximum absolute atomic E-state index is 13.5. The standard InChI is InChI=1S/C27H37N5O6S/c1-26(2,17-34)30-24-23-18(5-13-38-23)15-21(28-24)25(35)29-20-4-3-19(31-39(36,37)14-12-33)16-22(20)32-10-8-27(6-7-27)9-11-32/h3-4,15-16,31,33-34H,5-14,17H2,1-2H3,(H,28,30)(H,29,35). The van der Waals surface area contributed by atoms with Gasteiger partial charge in [0, 0.05) is 25.1 Å². The molecule has 39 heavy (non-hydrogen) atoms. The number of hydrogen-bond acceptors (Lipinski definition) is 9. The molecule has 1 aromatic carbocycles. The van der Waals surface area contributed by atoms with Crippen LogP contribution in [0.1, 0.15) is 55.6 Å². The number of nitrogens with zero attached hydrogens (tertiary/aromatic N) is 2. The summed E-state index contributed by atoms with van der Waals surface area (Å²) >= 11 is 0. The summed E-state index contributed by atoms with van der Waals surface area (Å²) in [7, 11) is -3.70. The SMILES string of the molecule is CC(C)(CO)Nc1nc(C(=O)Nc2ccc(NS(=O)(=O)CCO)cc2N2CCC3(CC2)CC3)cc2c1OCC2. The molecule has 1 amide bonds. The van der Waals surface area contributed by atoms with Crippen molar-refractivity contribution in [3.05, 3.63) is 35.5 Å². The molecule has 1 spiro atoms. The number of benzene rings is 1. The van der Waals surface area contributed by atoms with Crippen LogP contribution in [0.2, 0.25) is 0 Å². The molecule has 2 aliphatic heterocycles. The lowest BCUT2D eigenvalue weighted by Crippen LogP contribution is -2.36. The Bertz CT molecular complexity index is 1350. The van der Waals surface area contributed by atoms with Gasteiger partial charge in [0.15, 0.2) is 11.6 Å². The van der Waals surface area contributed by atoms with Gasteiger partial charge in [-0.15, -0.1) is 0 Å². The zero-order valence-electron chi connectivity index (χ0n) is 22.4. The lowest BCUT2D eigenvalue weighted by molar-refractivity contribution is 0.102. The number of fused-ring (bicyclic) bond motifs is 1. The molecule has 2 aromatic rings. The second-order valence-electron chi connectivity index (χ2n) is 11.4. The second kappa shape index (κ2) is 10.5. The van der Waals surface area contributed by atoms with Crippen molar-refractivity contribution in [1.82, 2.24) is 4.98 Å². The van der Waals surface area contributed by atoms with Crippen LogP contribution in [0.25, 0.3) is 0 Å². The molecule has 212 valence electrons. The first-order valence-electron chi connectivity index (χ1n) is 13.4. The Morgan fingerprint density at radius 2 is 1.90 bits per heavy atom. The number of aliphatic hydroxyl groups excluding tert-OH is 2. The van der Waals surface area contributed by atoms with E-state index in [4.69, 9.17) is 9.84 Å². The van der Waals surface area contributed by atoms with Crippen LogP contribution in [0.4, 0.5) is 22.9 Å². The van der Waals surface area contributed by atoms with E-state index in [1.54, 1.807) is 24.3 Å². The fourth-order valence-electron chi connectivity index (χ4n) is 5.16. The van der Waals surface area contributed by atoms with E-state index in [0.717, 1.165) is 37.2 Å². The molecule has 1 aliphatic carbocycles. The van der Waals surface area contributed by atoms with Crippen molar-refractivity contribution < 1.29 is 28.2 Å². The number of aromatic nitrogens is 1. The molecule has 2 fully saturated rings. The summed E-state index contributed by atoms with van der Waals surface area (Å²) in [6.45, 7) is 5.17. The van der Waals surface area contributed by atoms with Crippen molar-refractivity contribution in [3.63, 3.8) is 0 Å². The Morgan fingerprint density at radius 3 is 2.56 bits per heavy atom. The summed E-state index contributed by atoms with van der Waals surface area (Å²) in [6, 6.07) is 6.75. The number of pyridine rings is 1. The third-order valence-corrected chi connectivity index (χ3v) is 9.02. The van der Waals surface area contributed by atoms with Crippen molar-refractivity contribution >= 4 is 38.8 Å². The Hall–Kier alpha value is -3.09. The van der Waals surface area contributed by atoms with E-state index in [2.05, 4.69) is 25.2 Å². The van der Waals surface area contributed by atoms with Gasteiger partial charge in [-0.25, -0.2) is 13.4 Å². The highest BCUT2D eigenvalue weighted by Crippen LogP contribution is 2.54. The predicted octanol–water partition coefficient (Wildman–Crippen LogP) is 2.57. The molecule has 3 heterocycles. The maximum Gasteiger partial charge on any atom is 0.274 e. The van der Waals surface area contributed by atoms with Gasteiger partial charge < -0.3 is 30.5 Å². The first-order chi connectivity index (χ1) is 18.5. The van der Waals surface area contributed by atoms with Gasteiger partial charge in [-0.05, 0) is 69.2 Å². The van der Waals surface area contributed by atoms with E-state index in [1.165, 1.54) is 12.8 Å². The van der Waals surface area contributed by atoms with Gasteiger partial charge >= 0.3 is 0 Å². The van der Waals surface area contributed by atoms with Crippen molar-refractivity contribution in [2.75, 3.05) is 58.9 Å². The van der Waals surface area contributed by atoms with Crippen LogP contribution in [0, 0.1) is 5.41 Å². The van der Waals surface area contributed by atoms with Crippen LogP contribution in [0.3, 0.4) is 0 Å². The van der Waals surface area contributed by atoms with Crippen LogP contribution in [0.5, 0.6) is 5.75 Å². The molecule has 11 nitrogen and oxygen atoms in total. The number of carbonyl (C=O) groups is 1. The largest absolute Gasteiger partial charge is 0.489 e. The van der Waals surface area contributed by atoms with Crippen molar-refractivity contribution in [2.45, 2.75) is 51.5 Å². The van der Waals surface area contributed by atoms with Crippen LogP contribution >= 0.6 is 0 Å². The lowest BCUT2D eigenvalue weighted by Gasteiger charge is -2.35. The van der Waals surface area contributed by atoms with Crippen LogP contribution in [-0.2, 0) is 16.4 Å². The minimum Gasteiger partial charge on any atom is -0.489 e. The average molecular weight is 560 g/mol. The maximum atomic E-state index is 13.5. The molecule has 0 atom stereocenters. The van der Waals surface area contributed by atoms with E-state index in [9.17, 15) is 18.3 Å². The van der Waals surface area contributed by atoms with Gasteiger partial charge in [0.05, 0.1) is 48.2 Å². The van der Waals surface area contributed by atoms with Crippen LogP contribution < -0.4 is 25.0 Å². The summed E-state index contributed by atoms with van der Waals surface area (Å²) in [6.07, 6.45) is 5.27. The van der Waals surface area contributed by atoms with Gasteiger partial charge in [0.1, 0.15) is 5.69 Å². The first kappa shape index (κ1) is 27.5. The molecule has 5 rings (SSSR count). The molecular formula is C27H37N5O6S. The monoisotopic (exact) mass is 559 g/mol. The van der Waals surface area contributed by atoms with E-state index >= 15 is 0 Å². The molecule has 0 radical (unpaired) electrons. The van der Waals surface area contributed by atoms with E-state index in [1.807, 2.05) is 13.8 Å². The number of carbonyl (C=O) groups excluding carboxylic acids is 1. The Labute approximate surface area is 229 Å². The molecular weight excluding hydrogens is 522 g/mol.